The average molecular weight is 294 g/mol. The van der Waals surface area contributed by atoms with Crippen LogP contribution in [0.1, 0.15) is 21.5 Å². The van der Waals surface area contributed by atoms with Gasteiger partial charge >= 0.3 is 0 Å². The third-order valence-corrected chi connectivity index (χ3v) is 3.37. The van der Waals surface area contributed by atoms with E-state index in [0.717, 1.165) is 22.0 Å². The van der Waals surface area contributed by atoms with Crippen molar-refractivity contribution >= 4 is 22.5 Å². The fourth-order valence-corrected chi connectivity index (χ4v) is 2.37. The number of fused-ring (bicyclic) bond motifs is 1. The molecular weight excluding hydrogens is 280 g/mol. The number of amides is 1. The van der Waals surface area contributed by atoms with Crippen LogP contribution in [0.5, 0.6) is 5.88 Å². The van der Waals surface area contributed by atoms with Gasteiger partial charge < -0.3 is 10.1 Å². The number of aromatic nitrogens is 2. The second-order valence-corrected chi connectivity index (χ2v) is 5.07. The lowest BCUT2D eigenvalue weighted by atomic mass is 10.1. The first-order valence-corrected chi connectivity index (χ1v) is 6.74. The highest BCUT2D eigenvalue weighted by Crippen LogP contribution is 2.37. The van der Waals surface area contributed by atoms with Gasteiger partial charge in [0.05, 0.1) is 5.52 Å². The van der Waals surface area contributed by atoms with Crippen molar-refractivity contribution in [1.29, 1.82) is 0 Å². The van der Waals surface area contributed by atoms with Crippen LogP contribution in [0, 0.1) is 13.8 Å². The van der Waals surface area contributed by atoms with Crippen molar-refractivity contribution in [2.45, 2.75) is 13.8 Å². The number of benzene rings is 1. The minimum atomic E-state index is -0.486. The molecule has 0 saturated heterocycles. The third kappa shape index (κ3) is 2.46. The zero-order chi connectivity index (χ0) is 15.7. The summed E-state index contributed by atoms with van der Waals surface area (Å²) >= 11 is 0. The van der Waals surface area contributed by atoms with Gasteiger partial charge in [-0.3, -0.25) is 9.78 Å². The molecule has 0 aliphatic heterocycles. The fraction of sp³-hybridized carbons (Fsp3) is 0.125. The smallest absolute Gasteiger partial charge is 0.295 e. The third-order valence-electron chi connectivity index (χ3n) is 3.37. The molecule has 0 atom stereocenters. The van der Waals surface area contributed by atoms with E-state index in [2.05, 4.69) is 20.2 Å². The Kier molecular flexibility index (Phi) is 3.42. The van der Waals surface area contributed by atoms with Crippen LogP contribution in [-0.2, 0) is 0 Å². The molecule has 1 amide bonds. The molecule has 110 valence electrons. The van der Waals surface area contributed by atoms with Gasteiger partial charge in [0.25, 0.3) is 5.91 Å². The van der Waals surface area contributed by atoms with Gasteiger partial charge in [-0.2, -0.15) is 0 Å². The molecule has 6 heteroatoms. The van der Waals surface area contributed by atoms with Crippen LogP contribution >= 0.6 is 0 Å². The summed E-state index contributed by atoms with van der Waals surface area (Å²) in [5.74, 6) is -0.587. The van der Waals surface area contributed by atoms with Crippen molar-refractivity contribution in [2.24, 2.45) is 10.2 Å². The maximum absolute atomic E-state index is 11.9. The predicted molar refractivity (Wildman–Crippen MR) is 82.5 cm³/mol. The number of nitrogens with zero attached hydrogens (tertiary/aromatic N) is 3. The predicted octanol–water partition coefficient (Wildman–Crippen LogP) is 3.81. The molecule has 0 aliphatic carbocycles. The Bertz CT molecular complexity index is 882. The zero-order valence-corrected chi connectivity index (χ0v) is 12.2. The zero-order valence-electron chi connectivity index (χ0n) is 12.2. The van der Waals surface area contributed by atoms with Crippen molar-refractivity contribution in [3.63, 3.8) is 0 Å². The molecule has 3 rings (SSSR count). The number of hydrogen-bond donors (Lipinski definition) is 2. The Morgan fingerprint density at radius 2 is 1.95 bits per heavy atom. The van der Waals surface area contributed by atoms with Crippen LogP contribution in [0.25, 0.3) is 10.9 Å². The Morgan fingerprint density at radius 1 is 1.23 bits per heavy atom. The number of carbonyl (C=O) groups is 1. The van der Waals surface area contributed by atoms with E-state index in [0.29, 0.717) is 5.56 Å². The van der Waals surface area contributed by atoms with Crippen molar-refractivity contribution in [1.82, 2.24) is 9.97 Å². The molecule has 0 radical (unpaired) electrons. The van der Waals surface area contributed by atoms with E-state index in [1.807, 2.05) is 26.0 Å². The fourth-order valence-electron chi connectivity index (χ4n) is 2.37. The Morgan fingerprint density at radius 3 is 2.68 bits per heavy atom. The van der Waals surface area contributed by atoms with Crippen LogP contribution in [-0.4, -0.2) is 21.0 Å². The van der Waals surface area contributed by atoms with Crippen LogP contribution in [0.4, 0.5) is 5.69 Å². The van der Waals surface area contributed by atoms with E-state index in [4.69, 9.17) is 0 Å². The number of rotatable bonds is 2. The van der Waals surface area contributed by atoms with E-state index in [9.17, 15) is 9.90 Å². The number of hydrogen-bond acceptors (Lipinski definition) is 4. The molecule has 2 aromatic heterocycles. The molecule has 0 aliphatic rings. The standard InChI is InChI=1S/C16H14N4O2/c1-9-7-10(2)13-12(8-9)14(16(22)18-13)19-20-15(21)11-3-5-17-6-4-11/h3-8,18,22H,1-2H3. The van der Waals surface area contributed by atoms with Crippen LogP contribution < -0.4 is 0 Å². The number of azo groups is 1. The van der Waals surface area contributed by atoms with Crippen LogP contribution in [0.2, 0.25) is 0 Å². The highest BCUT2D eigenvalue weighted by Gasteiger charge is 2.13. The molecule has 0 unspecified atom stereocenters. The van der Waals surface area contributed by atoms with Crippen molar-refractivity contribution in [2.75, 3.05) is 0 Å². The van der Waals surface area contributed by atoms with E-state index in [1.54, 1.807) is 12.1 Å². The normalized spacial score (nSPS) is 11.4. The Hall–Kier alpha value is -3.02. The maximum Gasteiger partial charge on any atom is 0.295 e. The molecule has 0 bridgehead atoms. The number of pyridine rings is 1. The first-order chi connectivity index (χ1) is 10.6. The molecule has 6 nitrogen and oxygen atoms in total. The van der Waals surface area contributed by atoms with Gasteiger partial charge in [0.15, 0.2) is 5.69 Å². The number of aromatic amines is 1. The quantitative estimate of drug-likeness (QED) is 0.704. The minimum Gasteiger partial charge on any atom is -0.493 e. The maximum atomic E-state index is 11.9. The molecule has 2 N–H and O–H groups in total. The number of carbonyl (C=O) groups excluding carboxylic acids is 1. The van der Waals surface area contributed by atoms with E-state index >= 15 is 0 Å². The van der Waals surface area contributed by atoms with Crippen molar-refractivity contribution in [3.8, 4) is 5.88 Å². The van der Waals surface area contributed by atoms with Gasteiger partial charge in [0.1, 0.15) is 0 Å². The van der Waals surface area contributed by atoms with E-state index < -0.39 is 5.91 Å². The van der Waals surface area contributed by atoms with Crippen molar-refractivity contribution < 1.29 is 9.90 Å². The summed E-state index contributed by atoms with van der Waals surface area (Å²) in [5.41, 5.74) is 3.48. The summed E-state index contributed by atoms with van der Waals surface area (Å²) in [6.07, 6.45) is 3.03. The number of H-pyrrole nitrogens is 1. The van der Waals surface area contributed by atoms with Gasteiger partial charge in [-0.1, -0.05) is 11.6 Å². The Balaban J connectivity index is 2.02. The summed E-state index contributed by atoms with van der Waals surface area (Å²) in [4.78, 5) is 18.7. The largest absolute Gasteiger partial charge is 0.493 e. The average Bonchev–Trinajstić information content (AvgIpc) is 2.82. The molecule has 0 saturated carbocycles. The lowest BCUT2D eigenvalue weighted by Crippen LogP contribution is -1.92. The van der Waals surface area contributed by atoms with E-state index in [-0.39, 0.29) is 11.6 Å². The summed E-state index contributed by atoms with van der Waals surface area (Å²) in [6.45, 7) is 3.90. The van der Waals surface area contributed by atoms with Gasteiger partial charge in [-0.25, -0.2) is 0 Å². The monoisotopic (exact) mass is 294 g/mol. The van der Waals surface area contributed by atoms with E-state index in [1.165, 1.54) is 12.4 Å². The second-order valence-electron chi connectivity index (χ2n) is 5.07. The second kappa shape index (κ2) is 5.40. The summed E-state index contributed by atoms with van der Waals surface area (Å²) < 4.78 is 0. The first-order valence-electron chi connectivity index (χ1n) is 6.74. The molecule has 0 fully saturated rings. The first kappa shape index (κ1) is 13.9. The van der Waals surface area contributed by atoms with Gasteiger partial charge in [0, 0.05) is 23.3 Å². The van der Waals surface area contributed by atoms with Crippen molar-refractivity contribution in [3.05, 3.63) is 53.3 Å². The Labute approximate surface area is 126 Å². The highest BCUT2D eigenvalue weighted by atomic mass is 16.3. The molecule has 1 aromatic carbocycles. The molecule has 22 heavy (non-hydrogen) atoms. The molecule has 3 aromatic rings. The van der Waals surface area contributed by atoms with Crippen LogP contribution in [0.15, 0.2) is 46.9 Å². The molecular formula is C16H14N4O2. The van der Waals surface area contributed by atoms with Gasteiger partial charge in [-0.05, 0) is 37.6 Å². The minimum absolute atomic E-state index is 0.102. The summed E-state index contributed by atoms with van der Waals surface area (Å²) in [7, 11) is 0. The van der Waals surface area contributed by atoms with Gasteiger partial charge in [0.2, 0.25) is 5.88 Å². The summed E-state index contributed by atoms with van der Waals surface area (Å²) in [6, 6.07) is 7.01. The molecule has 2 heterocycles. The van der Waals surface area contributed by atoms with Crippen LogP contribution in [0.3, 0.4) is 0 Å². The number of aryl methyl sites for hydroxylation is 2. The molecule has 0 spiro atoms. The lowest BCUT2D eigenvalue weighted by Gasteiger charge is -1.98. The highest BCUT2D eigenvalue weighted by molar-refractivity contribution is 5.98. The number of nitrogens with one attached hydrogen (secondary N) is 1. The summed E-state index contributed by atoms with van der Waals surface area (Å²) in [5, 5.41) is 18.4. The topological polar surface area (TPSA) is 90.7 Å². The van der Waals surface area contributed by atoms with Gasteiger partial charge in [-0.15, -0.1) is 10.2 Å². The SMILES string of the molecule is Cc1cc(C)c2[nH]c(O)c(N=NC(=O)c3ccncc3)c2c1. The lowest BCUT2D eigenvalue weighted by molar-refractivity contribution is 0.0995. The number of aromatic hydroxyl groups is 1.